The van der Waals surface area contributed by atoms with E-state index in [-0.39, 0.29) is 10.3 Å². The summed E-state index contributed by atoms with van der Waals surface area (Å²) in [4.78, 5) is 12.3. The molecule has 2 atom stereocenters. The maximum absolute atomic E-state index is 12.4. The van der Waals surface area contributed by atoms with Crippen molar-refractivity contribution in [3.05, 3.63) is 24.3 Å². The fraction of sp³-hybridized carbons (Fsp3) is 0.632. The molecular weight excluding hydrogens is 384 g/mol. The summed E-state index contributed by atoms with van der Waals surface area (Å²) in [5.74, 6) is -0.284. The van der Waals surface area contributed by atoms with Crippen LogP contribution >= 0.6 is 0 Å². The van der Waals surface area contributed by atoms with E-state index in [0.29, 0.717) is 25.1 Å². The molecule has 3 aliphatic rings. The lowest BCUT2D eigenvalue weighted by atomic mass is 9.72. The van der Waals surface area contributed by atoms with Crippen LogP contribution < -0.4 is 15.2 Å². The number of carbonyl (C=O) groups excluding carboxylic acids is 1. The van der Waals surface area contributed by atoms with Crippen LogP contribution in [0, 0.1) is 5.41 Å². The molecule has 9 heteroatoms. The summed E-state index contributed by atoms with van der Waals surface area (Å²) in [6, 6.07) is 4.62. The lowest BCUT2D eigenvalue weighted by molar-refractivity contribution is -0.152. The molecule has 4 rings (SSSR count). The molecule has 1 aliphatic carbocycles. The van der Waals surface area contributed by atoms with Gasteiger partial charge >= 0.3 is 0 Å². The second-order valence-electron chi connectivity index (χ2n) is 7.70. The Morgan fingerprint density at radius 3 is 2.50 bits per heavy atom. The van der Waals surface area contributed by atoms with Crippen LogP contribution in [0.5, 0.6) is 5.75 Å². The fourth-order valence-electron chi connectivity index (χ4n) is 3.63. The zero-order chi connectivity index (χ0) is 20.4. The Morgan fingerprint density at radius 1 is 1.32 bits per heavy atom. The Morgan fingerprint density at radius 2 is 1.96 bits per heavy atom. The van der Waals surface area contributed by atoms with E-state index < -0.39 is 28.1 Å². The van der Waals surface area contributed by atoms with Crippen molar-refractivity contribution in [3.63, 3.8) is 0 Å². The zero-order valence-electron chi connectivity index (χ0n) is 16.2. The third-order valence-corrected chi connectivity index (χ3v) is 7.05. The molecule has 0 aromatic heterocycles. The molecule has 8 nitrogen and oxygen atoms in total. The minimum atomic E-state index is -4.02. The molecule has 156 valence electrons. The summed E-state index contributed by atoms with van der Waals surface area (Å²) >= 11 is 0. The number of ether oxygens (including phenoxy) is 3. The van der Waals surface area contributed by atoms with Crippen LogP contribution in [0.1, 0.15) is 32.6 Å². The third-order valence-electron chi connectivity index (χ3n) is 5.68. The second kappa shape index (κ2) is 8.36. The van der Waals surface area contributed by atoms with Gasteiger partial charge in [-0.2, -0.15) is 0 Å². The molecule has 3 fully saturated rings. The molecule has 1 aromatic rings. The van der Waals surface area contributed by atoms with Crippen LogP contribution in [0.4, 0.5) is 0 Å². The Hall–Kier alpha value is -1.68. The standard InChI is InChI=1S/C19H28N2O6S/c1-13(26-11-19-9-7-15(8-10-19)27-12-19)17(20)18(22)21-28(23,24)16-5-3-14(25-2)4-6-16/h3-6,13,15,17H,7-12,20H2,1-2H3,(H,21,22)/t13-,15?,17-,19?/m1/s1. The number of carbonyl (C=O) groups is 1. The third kappa shape index (κ3) is 4.65. The van der Waals surface area contributed by atoms with Crippen molar-refractivity contribution < 1.29 is 27.4 Å². The normalized spacial score (nSPS) is 26.5. The Bertz CT molecular complexity index is 773. The minimum Gasteiger partial charge on any atom is -0.497 e. The van der Waals surface area contributed by atoms with Gasteiger partial charge in [-0.05, 0) is 56.9 Å². The van der Waals surface area contributed by atoms with Crippen LogP contribution in [0.2, 0.25) is 0 Å². The molecule has 2 saturated heterocycles. The first-order valence-corrected chi connectivity index (χ1v) is 10.9. The van der Waals surface area contributed by atoms with Gasteiger partial charge in [-0.15, -0.1) is 0 Å². The van der Waals surface area contributed by atoms with E-state index in [1.54, 1.807) is 6.92 Å². The van der Waals surface area contributed by atoms with Crippen molar-refractivity contribution >= 4 is 15.9 Å². The highest BCUT2D eigenvalue weighted by molar-refractivity contribution is 7.90. The van der Waals surface area contributed by atoms with Gasteiger partial charge < -0.3 is 19.9 Å². The molecule has 2 heterocycles. The number of hydrogen-bond acceptors (Lipinski definition) is 7. The van der Waals surface area contributed by atoms with E-state index >= 15 is 0 Å². The van der Waals surface area contributed by atoms with Crippen molar-refractivity contribution in [2.75, 3.05) is 20.3 Å². The molecule has 2 bridgehead atoms. The first-order valence-electron chi connectivity index (χ1n) is 9.44. The van der Waals surface area contributed by atoms with E-state index in [9.17, 15) is 13.2 Å². The number of benzene rings is 1. The lowest BCUT2D eigenvalue weighted by Gasteiger charge is -2.46. The van der Waals surface area contributed by atoms with Crippen molar-refractivity contribution in [2.45, 2.75) is 55.8 Å². The van der Waals surface area contributed by atoms with Gasteiger partial charge in [0.05, 0.1) is 37.4 Å². The predicted molar refractivity (Wildman–Crippen MR) is 102 cm³/mol. The van der Waals surface area contributed by atoms with Gasteiger partial charge in [0, 0.05) is 5.41 Å². The largest absolute Gasteiger partial charge is 0.497 e. The molecule has 28 heavy (non-hydrogen) atoms. The highest BCUT2D eigenvalue weighted by atomic mass is 32.2. The smallest absolute Gasteiger partial charge is 0.264 e. The van der Waals surface area contributed by atoms with Gasteiger partial charge in [0.15, 0.2) is 0 Å². The highest BCUT2D eigenvalue weighted by Gasteiger charge is 2.42. The van der Waals surface area contributed by atoms with Crippen LogP contribution in [0.15, 0.2) is 29.2 Å². The van der Waals surface area contributed by atoms with Crippen LogP contribution in [0.3, 0.4) is 0 Å². The van der Waals surface area contributed by atoms with E-state index in [0.717, 1.165) is 25.7 Å². The molecular formula is C19H28N2O6S. The van der Waals surface area contributed by atoms with E-state index in [1.807, 2.05) is 4.72 Å². The number of rotatable bonds is 8. The first-order chi connectivity index (χ1) is 13.2. The molecule has 2 aliphatic heterocycles. The Kier molecular flexibility index (Phi) is 6.28. The number of amides is 1. The van der Waals surface area contributed by atoms with Gasteiger partial charge in [0.25, 0.3) is 15.9 Å². The molecule has 1 amide bonds. The van der Waals surface area contributed by atoms with Gasteiger partial charge in [-0.1, -0.05) is 0 Å². The highest BCUT2D eigenvalue weighted by Crippen LogP contribution is 2.43. The van der Waals surface area contributed by atoms with E-state index in [2.05, 4.69) is 0 Å². The van der Waals surface area contributed by atoms with Gasteiger partial charge in [0.2, 0.25) is 0 Å². The average molecular weight is 413 g/mol. The molecule has 1 aromatic carbocycles. The number of nitrogens with two attached hydrogens (primary N) is 1. The summed E-state index contributed by atoms with van der Waals surface area (Å²) in [6.45, 7) is 2.79. The van der Waals surface area contributed by atoms with Crippen molar-refractivity contribution in [2.24, 2.45) is 11.1 Å². The summed E-state index contributed by atoms with van der Waals surface area (Å²) in [5.41, 5.74) is 5.93. The number of hydrogen-bond donors (Lipinski definition) is 2. The van der Waals surface area contributed by atoms with Crippen molar-refractivity contribution in [1.29, 1.82) is 0 Å². The van der Waals surface area contributed by atoms with Crippen molar-refractivity contribution in [1.82, 2.24) is 4.72 Å². The average Bonchev–Trinajstić information content (AvgIpc) is 2.72. The maximum atomic E-state index is 12.4. The second-order valence-corrected chi connectivity index (χ2v) is 9.38. The summed E-state index contributed by atoms with van der Waals surface area (Å²) in [5, 5.41) is 0. The van der Waals surface area contributed by atoms with Crippen molar-refractivity contribution in [3.8, 4) is 5.75 Å². The molecule has 0 spiro atoms. The zero-order valence-corrected chi connectivity index (χ0v) is 17.0. The van der Waals surface area contributed by atoms with Crippen LogP contribution in [-0.2, 0) is 24.3 Å². The van der Waals surface area contributed by atoms with Gasteiger partial charge in [-0.25, -0.2) is 13.1 Å². The maximum Gasteiger partial charge on any atom is 0.264 e. The number of sulfonamides is 1. The van der Waals surface area contributed by atoms with Crippen LogP contribution in [0.25, 0.3) is 0 Å². The summed E-state index contributed by atoms with van der Waals surface area (Å²) in [6.07, 6.45) is 3.89. The molecule has 3 N–H and O–H groups in total. The minimum absolute atomic E-state index is 0.0195. The SMILES string of the molecule is COc1ccc(S(=O)(=O)NC(=O)[C@H](N)[C@@H](C)OCC23CCC(CC2)OC3)cc1. The monoisotopic (exact) mass is 412 g/mol. The van der Waals surface area contributed by atoms with E-state index in [1.165, 1.54) is 31.4 Å². The topological polar surface area (TPSA) is 117 Å². The van der Waals surface area contributed by atoms with Gasteiger partial charge in [-0.3, -0.25) is 4.79 Å². The molecule has 1 saturated carbocycles. The number of methoxy groups -OCH3 is 1. The number of fused-ring (bicyclic) bond motifs is 3. The Labute approximate surface area is 165 Å². The van der Waals surface area contributed by atoms with Crippen LogP contribution in [-0.4, -0.2) is 52.9 Å². The fourth-order valence-corrected chi connectivity index (χ4v) is 4.65. The lowest BCUT2D eigenvalue weighted by Crippen LogP contribution is -2.51. The number of nitrogens with one attached hydrogen (secondary N) is 1. The molecule has 0 unspecified atom stereocenters. The first kappa shape index (κ1) is 21.0. The predicted octanol–water partition coefficient (Wildman–Crippen LogP) is 1.19. The quantitative estimate of drug-likeness (QED) is 0.659. The molecule has 0 radical (unpaired) electrons. The van der Waals surface area contributed by atoms with Gasteiger partial charge in [0.1, 0.15) is 11.8 Å². The summed E-state index contributed by atoms with van der Waals surface area (Å²) < 4.78 is 43.4. The summed E-state index contributed by atoms with van der Waals surface area (Å²) in [7, 11) is -2.54. The Balaban J connectivity index is 1.55. The van der Waals surface area contributed by atoms with E-state index in [4.69, 9.17) is 19.9 Å².